The molecule has 1 heterocycles. The lowest BCUT2D eigenvalue weighted by Crippen LogP contribution is -2.44. The maximum Gasteiger partial charge on any atom is 0.330 e. The molecule has 0 aliphatic rings. The summed E-state index contributed by atoms with van der Waals surface area (Å²) in [6.07, 6.45) is 1.54. The fraction of sp³-hybridized carbons (Fsp3) is 0.429. The van der Waals surface area contributed by atoms with Crippen LogP contribution in [-0.4, -0.2) is 28.6 Å². The molecule has 0 unspecified atom stereocenters. The molecule has 0 spiro atoms. The van der Waals surface area contributed by atoms with Gasteiger partial charge in [0.05, 0.1) is 11.6 Å². The van der Waals surface area contributed by atoms with E-state index in [1.54, 1.807) is 24.3 Å². The molecule has 9 heteroatoms. The van der Waals surface area contributed by atoms with Crippen molar-refractivity contribution < 1.29 is 9.53 Å². The van der Waals surface area contributed by atoms with E-state index in [4.69, 9.17) is 15.7 Å². The van der Waals surface area contributed by atoms with Crippen LogP contribution in [0.15, 0.2) is 33.9 Å². The Hall–Kier alpha value is -3.54. The van der Waals surface area contributed by atoms with Crippen molar-refractivity contribution in [2.75, 3.05) is 23.8 Å². The van der Waals surface area contributed by atoms with Crippen molar-refractivity contribution in [1.82, 2.24) is 9.55 Å². The van der Waals surface area contributed by atoms with Crippen LogP contribution in [0.4, 0.5) is 11.5 Å². The van der Waals surface area contributed by atoms with Gasteiger partial charge in [0.15, 0.2) is 12.3 Å². The zero-order valence-corrected chi connectivity index (χ0v) is 17.5. The van der Waals surface area contributed by atoms with Crippen LogP contribution in [-0.2, 0) is 11.3 Å². The molecular formula is C21H27N5O4. The van der Waals surface area contributed by atoms with Crippen LogP contribution in [0.2, 0.25) is 0 Å². The zero-order chi connectivity index (χ0) is 22.3. The number of nitrogens with one attached hydrogen (secondary N) is 1. The van der Waals surface area contributed by atoms with E-state index in [2.05, 4.69) is 4.98 Å². The minimum absolute atomic E-state index is 0.0374. The Kier molecular flexibility index (Phi) is 7.81. The number of carbonyl (C=O) groups is 1. The lowest BCUT2D eigenvalue weighted by atomic mass is 10.2. The first-order chi connectivity index (χ1) is 14.3. The van der Waals surface area contributed by atoms with Crippen molar-refractivity contribution in [3.63, 3.8) is 0 Å². The largest absolute Gasteiger partial charge is 0.484 e. The van der Waals surface area contributed by atoms with Gasteiger partial charge in [-0.2, -0.15) is 5.26 Å². The Morgan fingerprint density at radius 3 is 2.53 bits per heavy atom. The van der Waals surface area contributed by atoms with E-state index < -0.39 is 17.2 Å². The van der Waals surface area contributed by atoms with Crippen molar-refractivity contribution in [3.05, 3.63) is 50.7 Å². The number of benzene rings is 1. The summed E-state index contributed by atoms with van der Waals surface area (Å²) in [5.41, 5.74) is 5.28. The van der Waals surface area contributed by atoms with Crippen molar-refractivity contribution >= 4 is 17.4 Å². The van der Waals surface area contributed by atoms with Crippen molar-refractivity contribution in [3.8, 4) is 11.8 Å². The third kappa shape index (κ3) is 5.50. The number of amides is 1. The van der Waals surface area contributed by atoms with E-state index in [0.29, 0.717) is 24.3 Å². The quantitative estimate of drug-likeness (QED) is 0.644. The molecule has 3 N–H and O–H groups in total. The summed E-state index contributed by atoms with van der Waals surface area (Å²) < 4.78 is 6.81. The van der Waals surface area contributed by atoms with Crippen molar-refractivity contribution in [2.45, 2.75) is 40.2 Å². The van der Waals surface area contributed by atoms with Crippen LogP contribution in [0.25, 0.3) is 0 Å². The second-order valence-electron chi connectivity index (χ2n) is 7.32. The number of aromatic amines is 1. The van der Waals surface area contributed by atoms with Crippen molar-refractivity contribution in [1.29, 1.82) is 5.26 Å². The third-order valence-corrected chi connectivity index (χ3v) is 4.41. The third-order valence-electron chi connectivity index (χ3n) is 4.41. The minimum atomic E-state index is -0.711. The summed E-state index contributed by atoms with van der Waals surface area (Å²) in [5, 5.41) is 8.86. The monoisotopic (exact) mass is 413 g/mol. The van der Waals surface area contributed by atoms with Gasteiger partial charge in [0.1, 0.15) is 11.6 Å². The first-order valence-electron chi connectivity index (χ1n) is 9.84. The van der Waals surface area contributed by atoms with E-state index >= 15 is 0 Å². The molecule has 0 saturated heterocycles. The lowest BCUT2D eigenvalue weighted by Gasteiger charge is -2.26. The fourth-order valence-electron chi connectivity index (χ4n) is 2.91. The SMILES string of the molecule is CCCCn1c(N)c(N(CC(C)C)C(=O)COc2ccc(C#N)cc2)c(=O)[nH]c1=O. The summed E-state index contributed by atoms with van der Waals surface area (Å²) >= 11 is 0. The molecule has 160 valence electrons. The smallest absolute Gasteiger partial charge is 0.330 e. The predicted molar refractivity (Wildman–Crippen MR) is 114 cm³/mol. The highest BCUT2D eigenvalue weighted by atomic mass is 16.5. The molecule has 2 aromatic rings. The number of nitrogens with zero attached hydrogens (tertiary/aromatic N) is 3. The number of carbonyl (C=O) groups excluding carboxylic acids is 1. The number of anilines is 2. The molecule has 0 aliphatic carbocycles. The number of nitriles is 1. The Labute approximate surface area is 174 Å². The van der Waals surface area contributed by atoms with Crippen LogP contribution in [0.5, 0.6) is 5.75 Å². The number of aromatic nitrogens is 2. The number of hydrogen-bond donors (Lipinski definition) is 2. The molecular weight excluding hydrogens is 386 g/mol. The highest BCUT2D eigenvalue weighted by Gasteiger charge is 2.25. The van der Waals surface area contributed by atoms with E-state index in [1.807, 2.05) is 26.8 Å². The molecule has 1 aromatic heterocycles. The standard InChI is InChI=1S/C21H27N5O4/c1-4-5-10-25-19(23)18(20(28)24-21(25)29)26(12-14(2)3)17(27)13-30-16-8-6-15(11-22)7-9-16/h6-9,14H,4-5,10,12-13,23H2,1-3H3,(H,24,28,29). The lowest BCUT2D eigenvalue weighted by molar-refractivity contribution is -0.120. The van der Waals surface area contributed by atoms with Crippen LogP contribution < -0.4 is 26.6 Å². The summed E-state index contributed by atoms with van der Waals surface area (Å²) in [6, 6.07) is 8.35. The van der Waals surface area contributed by atoms with Crippen LogP contribution in [0.3, 0.4) is 0 Å². The molecule has 1 aromatic carbocycles. The summed E-state index contributed by atoms with van der Waals surface area (Å²) in [5.74, 6) is -0.0455. The topological polar surface area (TPSA) is 134 Å². The predicted octanol–water partition coefficient (Wildman–Crippen LogP) is 1.86. The molecule has 0 radical (unpaired) electrons. The number of rotatable bonds is 9. The zero-order valence-electron chi connectivity index (χ0n) is 17.5. The first kappa shape index (κ1) is 22.7. The van der Waals surface area contributed by atoms with Gasteiger partial charge in [-0.1, -0.05) is 27.2 Å². The molecule has 0 bridgehead atoms. The van der Waals surface area contributed by atoms with Gasteiger partial charge in [-0.3, -0.25) is 19.1 Å². The molecule has 0 fully saturated rings. The highest BCUT2D eigenvalue weighted by Crippen LogP contribution is 2.19. The summed E-state index contributed by atoms with van der Waals surface area (Å²) in [7, 11) is 0. The molecule has 30 heavy (non-hydrogen) atoms. The average Bonchev–Trinajstić information content (AvgIpc) is 2.71. The fourth-order valence-corrected chi connectivity index (χ4v) is 2.91. The van der Waals surface area contributed by atoms with Gasteiger partial charge in [0.25, 0.3) is 11.5 Å². The number of unbranched alkanes of at least 4 members (excludes halogenated alkanes) is 1. The molecule has 9 nitrogen and oxygen atoms in total. The molecule has 0 saturated carbocycles. The van der Waals surface area contributed by atoms with Gasteiger partial charge in [0.2, 0.25) is 0 Å². The molecule has 2 rings (SSSR count). The number of hydrogen-bond acceptors (Lipinski definition) is 6. The van der Waals surface area contributed by atoms with Gasteiger partial charge < -0.3 is 15.4 Å². The second-order valence-corrected chi connectivity index (χ2v) is 7.32. The average molecular weight is 413 g/mol. The first-order valence-corrected chi connectivity index (χ1v) is 9.84. The minimum Gasteiger partial charge on any atom is -0.484 e. The number of nitrogen functional groups attached to an aromatic ring is 1. The Bertz CT molecular complexity index is 1030. The summed E-state index contributed by atoms with van der Waals surface area (Å²) in [6.45, 7) is 6.03. The normalized spacial score (nSPS) is 10.6. The van der Waals surface area contributed by atoms with Gasteiger partial charge in [0, 0.05) is 13.1 Å². The van der Waals surface area contributed by atoms with Crippen LogP contribution in [0, 0.1) is 17.2 Å². The Balaban J connectivity index is 2.34. The van der Waals surface area contributed by atoms with Crippen LogP contribution >= 0.6 is 0 Å². The molecule has 1 amide bonds. The van der Waals surface area contributed by atoms with E-state index in [-0.39, 0.29) is 30.6 Å². The highest BCUT2D eigenvalue weighted by molar-refractivity contribution is 5.96. The van der Waals surface area contributed by atoms with Gasteiger partial charge in [-0.25, -0.2) is 4.79 Å². The maximum atomic E-state index is 12.9. The number of ether oxygens (including phenoxy) is 1. The van der Waals surface area contributed by atoms with E-state index in [1.165, 1.54) is 9.47 Å². The summed E-state index contributed by atoms with van der Waals surface area (Å²) in [4.78, 5) is 41.2. The Morgan fingerprint density at radius 2 is 1.97 bits per heavy atom. The van der Waals surface area contributed by atoms with Gasteiger partial charge >= 0.3 is 5.69 Å². The maximum absolute atomic E-state index is 12.9. The van der Waals surface area contributed by atoms with E-state index in [0.717, 1.165) is 6.42 Å². The second kappa shape index (κ2) is 10.3. The Morgan fingerprint density at radius 1 is 1.30 bits per heavy atom. The van der Waals surface area contributed by atoms with Gasteiger partial charge in [-0.15, -0.1) is 0 Å². The number of nitrogens with two attached hydrogens (primary N) is 1. The van der Waals surface area contributed by atoms with Crippen molar-refractivity contribution in [2.24, 2.45) is 5.92 Å². The van der Waals surface area contributed by atoms with Gasteiger partial charge in [-0.05, 0) is 36.6 Å². The van der Waals surface area contributed by atoms with E-state index in [9.17, 15) is 14.4 Å². The molecule has 0 atom stereocenters. The number of H-pyrrole nitrogens is 1. The molecule has 0 aliphatic heterocycles. The van der Waals surface area contributed by atoms with Crippen LogP contribution in [0.1, 0.15) is 39.2 Å².